The van der Waals surface area contributed by atoms with Gasteiger partial charge in [-0.1, -0.05) is 89.8 Å². The molecule has 1 aromatic heterocycles. The Labute approximate surface area is 296 Å². The van der Waals surface area contributed by atoms with Crippen molar-refractivity contribution in [3.05, 3.63) is 93.3 Å². The number of hydrogen-bond donors (Lipinski definition) is 2. The summed E-state index contributed by atoms with van der Waals surface area (Å²) >= 11 is 1.34. The molecule has 2 N–H and O–H groups in total. The molecular formula is C38H50N4O5S2. The molecule has 9 nitrogen and oxygen atoms in total. The molecule has 1 heterocycles. The second-order valence-corrected chi connectivity index (χ2v) is 16.0. The summed E-state index contributed by atoms with van der Waals surface area (Å²) in [6, 6.07) is 17.6. The van der Waals surface area contributed by atoms with Crippen molar-refractivity contribution >= 4 is 51.3 Å². The van der Waals surface area contributed by atoms with Crippen LogP contribution < -0.4 is 14.8 Å². The minimum Gasteiger partial charge on any atom is -0.494 e. The summed E-state index contributed by atoms with van der Waals surface area (Å²) in [5.41, 5.74) is 3.22. The van der Waals surface area contributed by atoms with Crippen LogP contribution in [0.4, 0.5) is 0 Å². The summed E-state index contributed by atoms with van der Waals surface area (Å²) in [5.74, 6) is -0.255. The number of allylic oxidation sites excluding steroid dienone is 1. The van der Waals surface area contributed by atoms with Gasteiger partial charge < -0.3 is 10.1 Å². The molecule has 0 fully saturated rings. The minimum atomic E-state index is -3.83. The van der Waals surface area contributed by atoms with Crippen molar-refractivity contribution in [2.75, 3.05) is 12.4 Å². The Morgan fingerprint density at radius 1 is 0.939 bits per heavy atom. The third-order valence-electron chi connectivity index (χ3n) is 7.84. The molecule has 0 saturated heterocycles. The second-order valence-electron chi connectivity index (χ2n) is 12.9. The molecule has 3 aromatic rings. The van der Waals surface area contributed by atoms with E-state index < -0.39 is 27.9 Å². The van der Waals surface area contributed by atoms with Crippen LogP contribution in [0.15, 0.2) is 76.8 Å². The SMILES string of the molecule is C=NC(=N/C=C(\C)c1ccc(OCCCCCCC)cc1)c1ccc(C[C@H](NC(=O)c2ccc(C(C)(C)C)s2)C(=O)NS(=O)(=O)CC)cc1. The number of hydrogen-bond acceptors (Lipinski definition) is 7. The van der Waals surface area contributed by atoms with E-state index in [9.17, 15) is 18.0 Å². The van der Waals surface area contributed by atoms with Gasteiger partial charge in [-0.15, -0.1) is 11.3 Å². The molecule has 49 heavy (non-hydrogen) atoms. The summed E-state index contributed by atoms with van der Waals surface area (Å²) in [4.78, 5) is 36.4. The molecule has 0 bridgehead atoms. The number of sulfonamides is 1. The van der Waals surface area contributed by atoms with Crippen LogP contribution in [0.5, 0.6) is 5.75 Å². The Balaban J connectivity index is 1.71. The third-order valence-corrected chi connectivity index (χ3v) is 10.6. The maximum absolute atomic E-state index is 13.2. The minimum absolute atomic E-state index is 0.0696. The smallest absolute Gasteiger partial charge is 0.262 e. The molecule has 3 rings (SSSR count). The molecule has 0 spiro atoms. The first-order chi connectivity index (χ1) is 23.3. The zero-order valence-electron chi connectivity index (χ0n) is 29.5. The van der Waals surface area contributed by atoms with Crippen molar-refractivity contribution < 1.29 is 22.7 Å². The van der Waals surface area contributed by atoms with E-state index in [1.54, 1.807) is 36.5 Å². The summed E-state index contributed by atoms with van der Waals surface area (Å²) in [5, 5.41) is 2.74. The molecular weight excluding hydrogens is 657 g/mol. The Kier molecular flexibility index (Phi) is 14.9. The zero-order chi connectivity index (χ0) is 36.0. The van der Waals surface area contributed by atoms with Gasteiger partial charge in [-0.3, -0.25) is 14.3 Å². The quantitative estimate of drug-likeness (QED) is 0.0845. The highest BCUT2D eigenvalue weighted by molar-refractivity contribution is 7.90. The zero-order valence-corrected chi connectivity index (χ0v) is 31.2. The van der Waals surface area contributed by atoms with Crippen LogP contribution in [0.25, 0.3) is 5.57 Å². The molecule has 0 saturated carbocycles. The Bertz CT molecular complexity index is 1720. The van der Waals surface area contributed by atoms with Gasteiger partial charge in [0.25, 0.3) is 11.8 Å². The van der Waals surface area contributed by atoms with E-state index in [0.717, 1.165) is 28.2 Å². The van der Waals surface area contributed by atoms with E-state index in [-0.39, 0.29) is 17.6 Å². The molecule has 11 heteroatoms. The topological polar surface area (TPSA) is 126 Å². The van der Waals surface area contributed by atoms with Crippen molar-refractivity contribution in [3.63, 3.8) is 0 Å². The maximum Gasteiger partial charge on any atom is 0.262 e. The fourth-order valence-corrected chi connectivity index (χ4v) is 6.33. The van der Waals surface area contributed by atoms with E-state index in [4.69, 9.17) is 4.74 Å². The van der Waals surface area contributed by atoms with Gasteiger partial charge in [0.2, 0.25) is 10.0 Å². The van der Waals surface area contributed by atoms with Crippen molar-refractivity contribution in [2.24, 2.45) is 9.98 Å². The third kappa shape index (κ3) is 12.7. The van der Waals surface area contributed by atoms with Crippen molar-refractivity contribution in [1.82, 2.24) is 10.0 Å². The van der Waals surface area contributed by atoms with Crippen LogP contribution in [0.3, 0.4) is 0 Å². The number of aliphatic imine (C=N–C) groups is 2. The fraction of sp³-hybridized carbons (Fsp3) is 0.421. The molecule has 0 aliphatic carbocycles. The number of unbranched alkanes of at least 4 members (excludes halogenated alkanes) is 4. The van der Waals surface area contributed by atoms with Crippen molar-refractivity contribution in [3.8, 4) is 5.75 Å². The lowest BCUT2D eigenvalue weighted by Crippen LogP contribution is -2.49. The average molecular weight is 707 g/mol. The molecule has 1 atom stereocenters. The highest BCUT2D eigenvalue weighted by Crippen LogP contribution is 2.29. The van der Waals surface area contributed by atoms with Gasteiger partial charge in [-0.25, -0.2) is 18.4 Å². The number of nitrogens with zero attached hydrogens (tertiary/aromatic N) is 2. The lowest BCUT2D eigenvalue weighted by Gasteiger charge is -2.18. The van der Waals surface area contributed by atoms with Gasteiger partial charge >= 0.3 is 0 Å². The first kappa shape index (κ1) is 39.3. The maximum atomic E-state index is 13.2. The van der Waals surface area contributed by atoms with Gasteiger partial charge in [-0.2, -0.15) is 0 Å². The number of thiophene rings is 1. The fourth-order valence-electron chi connectivity index (χ4n) is 4.77. The molecule has 0 aliphatic heterocycles. The van der Waals surface area contributed by atoms with Gasteiger partial charge in [0.05, 0.1) is 17.2 Å². The monoisotopic (exact) mass is 706 g/mol. The average Bonchev–Trinajstić information content (AvgIpc) is 3.59. The second kappa shape index (κ2) is 18.6. The van der Waals surface area contributed by atoms with Crippen LogP contribution in [-0.4, -0.2) is 51.2 Å². The van der Waals surface area contributed by atoms with Crippen LogP contribution >= 0.6 is 11.3 Å². The molecule has 0 unspecified atom stereocenters. The molecule has 2 amide bonds. The molecule has 264 valence electrons. The summed E-state index contributed by atoms with van der Waals surface area (Å²) in [6.07, 6.45) is 7.79. The summed E-state index contributed by atoms with van der Waals surface area (Å²) < 4.78 is 32.4. The van der Waals surface area contributed by atoms with Gasteiger partial charge in [0.1, 0.15) is 11.8 Å². The number of rotatable bonds is 17. The highest BCUT2D eigenvalue weighted by Gasteiger charge is 2.27. The predicted molar refractivity (Wildman–Crippen MR) is 202 cm³/mol. The number of ether oxygens (including phenoxy) is 1. The van der Waals surface area contributed by atoms with Crippen LogP contribution in [0.2, 0.25) is 0 Å². The number of amides is 2. The largest absolute Gasteiger partial charge is 0.494 e. The van der Waals surface area contributed by atoms with Gasteiger partial charge in [-0.05, 0) is 73.4 Å². The molecule has 0 aliphatic rings. The lowest BCUT2D eigenvalue weighted by atomic mass is 9.95. The number of nitrogens with one attached hydrogen (secondary N) is 2. The molecule has 2 aromatic carbocycles. The highest BCUT2D eigenvalue weighted by atomic mass is 32.2. The van der Waals surface area contributed by atoms with Crippen LogP contribution in [-0.2, 0) is 26.7 Å². The predicted octanol–water partition coefficient (Wildman–Crippen LogP) is 7.71. The first-order valence-electron chi connectivity index (χ1n) is 16.8. The van der Waals surface area contributed by atoms with E-state index in [0.29, 0.717) is 28.4 Å². The van der Waals surface area contributed by atoms with Gasteiger partial charge in [0, 0.05) is 23.1 Å². The number of carbonyl (C=O) groups is 2. The van der Waals surface area contributed by atoms with Gasteiger partial charge in [0.15, 0.2) is 5.84 Å². The van der Waals surface area contributed by atoms with E-state index in [1.165, 1.54) is 43.9 Å². The normalized spacial score (nSPS) is 13.1. The number of carbonyl (C=O) groups excluding carboxylic acids is 2. The standard InChI is InChI=1S/C38H50N4O5S2/c1-8-10-11-12-13-24-47-31-20-18-29(19-21-31)27(3)26-40-35(39-7)30-16-14-28(15-17-30)25-32(36(43)42-49(45,46)9-2)41-37(44)33-22-23-34(48-33)38(4,5)6/h14-23,26,32H,7-13,24-25H2,1-6H3,(H,41,44)(H,42,43)/b27-26+,40-35?/t32-/m0/s1. The summed E-state index contributed by atoms with van der Waals surface area (Å²) in [6.45, 7) is 16.2. The van der Waals surface area contributed by atoms with Crippen LogP contribution in [0, 0.1) is 0 Å². The Morgan fingerprint density at radius 3 is 2.18 bits per heavy atom. The lowest BCUT2D eigenvalue weighted by molar-refractivity contribution is -0.121. The van der Waals surface area contributed by atoms with Crippen molar-refractivity contribution in [1.29, 1.82) is 0 Å². The summed E-state index contributed by atoms with van der Waals surface area (Å²) in [7, 11) is -3.83. The number of amidine groups is 1. The Hall–Kier alpha value is -4.09. The van der Waals surface area contributed by atoms with Crippen molar-refractivity contribution in [2.45, 2.75) is 91.5 Å². The Morgan fingerprint density at radius 2 is 1.59 bits per heavy atom. The van der Waals surface area contributed by atoms with E-state index >= 15 is 0 Å². The van der Waals surface area contributed by atoms with Crippen LogP contribution in [0.1, 0.15) is 105 Å². The first-order valence-corrected chi connectivity index (χ1v) is 19.2. The molecule has 0 radical (unpaired) electrons. The van der Waals surface area contributed by atoms with E-state index in [1.807, 2.05) is 37.3 Å². The number of benzene rings is 2. The van der Waals surface area contributed by atoms with E-state index in [2.05, 4.69) is 54.4 Å².